The molecule has 0 saturated carbocycles. The van der Waals surface area contributed by atoms with Gasteiger partial charge in [0.2, 0.25) is 5.91 Å². The Bertz CT molecular complexity index is 442. The van der Waals surface area contributed by atoms with Gasteiger partial charge >= 0.3 is 6.09 Å². The van der Waals surface area contributed by atoms with E-state index in [1.807, 2.05) is 6.92 Å². The first-order chi connectivity index (χ1) is 8.70. The minimum absolute atomic E-state index is 0.00540. The van der Waals surface area contributed by atoms with Crippen molar-refractivity contribution in [3.8, 4) is 0 Å². The van der Waals surface area contributed by atoms with Crippen LogP contribution in [0.2, 0.25) is 0 Å². The van der Waals surface area contributed by atoms with Crippen molar-refractivity contribution in [2.45, 2.75) is 19.8 Å². The fourth-order valence-electron chi connectivity index (χ4n) is 1.80. The van der Waals surface area contributed by atoms with Gasteiger partial charge in [-0.15, -0.1) is 0 Å². The number of benzene rings is 1. The summed E-state index contributed by atoms with van der Waals surface area (Å²) in [7, 11) is 0. The highest BCUT2D eigenvalue weighted by Gasteiger charge is 2.23. The third kappa shape index (κ3) is 2.80. The fourth-order valence-corrected chi connectivity index (χ4v) is 1.80. The number of hydrogen-bond acceptors (Lipinski definition) is 3. The average Bonchev–Trinajstić information content (AvgIpc) is 2.77. The van der Waals surface area contributed by atoms with Crippen LogP contribution in [0.3, 0.4) is 0 Å². The summed E-state index contributed by atoms with van der Waals surface area (Å²) in [4.78, 5) is 24.3. The minimum atomic E-state index is -0.322. The van der Waals surface area contributed by atoms with E-state index in [2.05, 4.69) is 5.32 Å². The lowest BCUT2D eigenvalue weighted by Crippen LogP contribution is -2.23. The van der Waals surface area contributed by atoms with Crippen LogP contribution in [0.15, 0.2) is 24.3 Å². The lowest BCUT2D eigenvalue weighted by Gasteiger charge is -2.13. The topological polar surface area (TPSA) is 58.6 Å². The Kier molecular flexibility index (Phi) is 3.82. The number of anilines is 2. The smallest absolute Gasteiger partial charge is 0.414 e. The Labute approximate surface area is 106 Å². The number of hydrogen-bond donors (Lipinski definition) is 1. The van der Waals surface area contributed by atoms with E-state index in [-0.39, 0.29) is 12.0 Å². The first-order valence-corrected chi connectivity index (χ1v) is 6.05. The largest absolute Gasteiger partial charge is 0.447 e. The SMILES string of the molecule is CCCC(=O)Nc1ccc(N2CCOC2=O)cc1. The van der Waals surface area contributed by atoms with Crippen LogP contribution in [-0.2, 0) is 9.53 Å². The maximum Gasteiger partial charge on any atom is 0.414 e. The number of cyclic esters (lactones) is 1. The van der Waals surface area contributed by atoms with Gasteiger partial charge in [-0.3, -0.25) is 9.69 Å². The van der Waals surface area contributed by atoms with Crippen molar-refractivity contribution in [3.63, 3.8) is 0 Å². The molecule has 1 aliphatic rings. The zero-order valence-electron chi connectivity index (χ0n) is 10.3. The summed E-state index contributed by atoms with van der Waals surface area (Å²) in [5.41, 5.74) is 1.52. The van der Waals surface area contributed by atoms with E-state index in [4.69, 9.17) is 4.74 Å². The molecule has 96 valence electrons. The van der Waals surface area contributed by atoms with Crippen molar-refractivity contribution in [1.29, 1.82) is 0 Å². The molecule has 2 amide bonds. The van der Waals surface area contributed by atoms with Gasteiger partial charge in [-0.1, -0.05) is 6.92 Å². The van der Waals surface area contributed by atoms with Crippen LogP contribution >= 0.6 is 0 Å². The molecule has 0 spiro atoms. The Morgan fingerprint density at radius 2 is 2.11 bits per heavy atom. The van der Waals surface area contributed by atoms with Crippen LogP contribution in [0.4, 0.5) is 16.2 Å². The lowest BCUT2D eigenvalue weighted by molar-refractivity contribution is -0.116. The lowest BCUT2D eigenvalue weighted by atomic mass is 10.2. The van der Waals surface area contributed by atoms with Gasteiger partial charge in [0.25, 0.3) is 0 Å². The maximum atomic E-state index is 11.4. The molecule has 0 unspecified atom stereocenters. The average molecular weight is 248 g/mol. The Hall–Kier alpha value is -2.04. The first kappa shape index (κ1) is 12.4. The molecule has 18 heavy (non-hydrogen) atoms. The number of carbonyl (C=O) groups is 2. The van der Waals surface area contributed by atoms with Crippen molar-refractivity contribution in [1.82, 2.24) is 0 Å². The number of nitrogens with one attached hydrogen (secondary N) is 1. The number of ether oxygens (including phenoxy) is 1. The molecule has 1 aromatic rings. The quantitative estimate of drug-likeness (QED) is 0.890. The molecule has 5 nitrogen and oxygen atoms in total. The van der Waals surface area contributed by atoms with Gasteiger partial charge in [0, 0.05) is 17.8 Å². The second-order valence-electron chi connectivity index (χ2n) is 4.11. The number of carbonyl (C=O) groups excluding carboxylic acids is 2. The summed E-state index contributed by atoms with van der Waals surface area (Å²) in [5.74, 6) is 0.00540. The molecule has 1 heterocycles. The molecule has 0 aliphatic carbocycles. The van der Waals surface area contributed by atoms with Gasteiger partial charge in [-0.2, -0.15) is 0 Å². The predicted molar refractivity (Wildman–Crippen MR) is 68.7 cm³/mol. The summed E-state index contributed by atoms with van der Waals surface area (Å²) < 4.78 is 4.86. The summed E-state index contributed by atoms with van der Waals surface area (Å²) in [6.45, 7) is 2.95. The standard InChI is InChI=1S/C13H16N2O3/c1-2-3-12(16)14-10-4-6-11(7-5-10)15-8-9-18-13(15)17/h4-7H,2-3,8-9H2,1H3,(H,14,16). The van der Waals surface area contributed by atoms with Crippen LogP contribution < -0.4 is 10.2 Å². The van der Waals surface area contributed by atoms with Crippen LogP contribution in [-0.4, -0.2) is 25.2 Å². The Morgan fingerprint density at radius 3 is 2.67 bits per heavy atom. The molecule has 0 bridgehead atoms. The van der Waals surface area contributed by atoms with Crippen molar-refractivity contribution in [2.24, 2.45) is 0 Å². The molecule has 1 fully saturated rings. The Morgan fingerprint density at radius 1 is 1.39 bits per heavy atom. The van der Waals surface area contributed by atoms with E-state index >= 15 is 0 Å². The fraction of sp³-hybridized carbons (Fsp3) is 0.385. The van der Waals surface area contributed by atoms with Crippen LogP contribution in [0, 0.1) is 0 Å². The predicted octanol–water partition coefficient (Wildman–Crippen LogP) is 2.38. The van der Waals surface area contributed by atoms with Crippen LogP contribution in [0.5, 0.6) is 0 Å². The summed E-state index contributed by atoms with van der Waals surface area (Å²) in [6, 6.07) is 7.17. The molecule has 1 aromatic carbocycles. The summed E-state index contributed by atoms with van der Waals surface area (Å²) >= 11 is 0. The molecule has 0 radical (unpaired) electrons. The van der Waals surface area contributed by atoms with E-state index in [9.17, 15) is 9.59 Å². The monoisotopic (exact) mass is 248 g/mol. The van der Waals surface area contributed by atoms with Crippen molar-refractivity contribution >= 4 is 23.4 Å². The molecule has 5 heteroatoms. The normalized spacial score (nSPS) is 14.5. The third-order valence-electron chi connectivity index (χ3n) is 2.70. The zero-order valence-corrected chi connectivity index (χ0v) is 10.3. The van der Waals surface area contributed by atoms with Crippen molar-refractivity contribution < 1.29 is 14.3 Å². The number of nitrogens with zero attached hydrogens (tertiary/aromatic N) is 1. The van der Waals surface area contributed by atoms with Gasteiger partial charge in [0.15, 0.2) is 0 Å². The minimum Gasteiger partial charge on any atom is -0.447 e. The van der Waals surface area contributed by atoms with Crippen LogP contribution in [0.1, 0.15) is 19.8 Å². The zero-order chi connectivity index (χ0) is 13.0. The number of rotatable bonds is 4. The highest BCUT2D eigenvalue weighted by Crippen LogP contribution is 2.21. The highest BCUT2D eigenvalue weighted by molar-refractivity contribution is 5.92. The molecular formula is C13H16N2O3. The van der Waals surface area contributed by atoms with Crippen molar-refractivity contribution in [3.05, 3.63) is 24.3 Å². The van der Waals surface area contributed by atoms with Gasteiger partial charge in [0.05, 0.1) is 6.54 Å². The van der Waals surface area contributed by atoms with E-state index in [0.29, 0.717) is 19.6 Å². The first-order valence-electron chi connectivity index (χ1n) is 6.05. The molecule has 2 rings (SSSR count). The maximum absolute atomic E-state index is 11.4. The summed E-state index contributed by atoms with van der Waals surface area (Å²) in [6.07, 6.45) is 1.02. The molecule has 0 atom stereocenters. The molecule has 1 aliphatic heterocycles. The van der Waals surface area contributed by atoms with Gasteiger partial charge < -0.3 is 10.1 Å². The van der Waals surface area contributed by atoms with Gasteiger partial charge in [-0.05, 0) is 30.7 Å². The molecule has 0 aromatic heterocycles. The van der Waals surface area contributed by atoms with E-state index in [1.54, 1.807) is 29.2 Å². The molecular weight excluding hydrogens is 232 g/mol. The second-order valence-corrected chi connectivity index (χ2v) is 4.11. The van der Waals surface area contributed by atoms with E-state index in [0.717, 1.165) is 17.8 Å². The highest BCUT2D eigenvalue weighted by atomic mass is 16.6. The van der Waals surface area contributed by atoms with Gasteiger partial charge in [0.1, 0.15) is 6.61 Å². The van der Waals surface area contributed by atoms with Crippen molar-refractivity contribution in [2.75, 3.05) is 23.4 Å². The van der Waals surface area contributed by atoms with E-state index in [1.165, 1.54) is 0 Å². The Balaban J connectivity index is 2.01. The summed E-state index contributed by atoms with van der Waals surface area (Å²) in [5, 5.41) is 2.80. The molecule has 1 N–H and O–H groups in total. The van der Waals surface area contributed by atoms with Gasteiger partial charge in [-0.25, -0.2) is 4.79 Å². The number of amides is 2. The van der Waals surface area contributed by atoms with E-state index < -0.39 is 0 Å². The molecule has 1 saturated heterocycles. The third-order valence-corrected chi connectivity index (χ3v) is 2.70. The second kappa shape index (κ2) is 5.53. The van der Waals surface area contributed by atoms with Crippen LogP contribution in [0.25, 0.3) is 0 Å².